The summed E-state index contributed by atoms with van der Waals surface area (Å²) in [4.78, 5) is 37.5. The van der Waals surface area contributed by atoms with Crippen LogP contribution in [0.3, 0.4) is 0 Å². The summed E-state index contributed by atoms with van der Waals surface area (Å²) in [5.74, 6) is -1.25. The number of carbonyl (C=O) groups excluding carboxylic acids is 2. The van der Waals surface area contributed by atoms with Crippen LogP contribution in [-0.2, 0) is 22.3 Å². The van der Waals surface area contributed by atoms with Crippen LogP contribution in [-0.4, -0.2) is 52.8 Å². The molecule has 4 rings (SSSR count). The molecule has 0 unspecified atom stereocenters. The number of hydrogen-bond donors (Lipinski definition) is 4. The van der Waals surface area contributed by atoms with E-state index in [1.54, 1.807) is 7.05 Å². The smallest absolute Gasteiger partial charge is 0.407 e. The molecule has 11 nitrogen and oxygen atoms in total. The average molecular weight is 584 g/mol. The molecule has 0 spiro atoms. The summed E-state index contributed by atoms with van der Waals surface area (Å²) < 4.78 is 63.7. The molecule has 1 aliphatic rings. The quantitative estimate of drug-likeness (QED) is 0.289. The first-order valence-corrected chi connectivity index (χ1v) is 12.0. The van der Waals surface area contributed by atoms with Gasteiger partial charge in [0.15, 0.2) is 5.75 Å². The number of pyridine rings is 1. The minimum Gasteiger partial charge on any atom is -0.407 e. The molecule has 1 fully saturated rings. The predicted octanol–water partition coefficient (Wildman–Crippen LogP) is 4.03. The van der Waals surface area contributed by atoms with Gasteiger partial charge in [-0.1, -0.05) is 11.6 Å². The van der Waals surface area contributed by atoms with Crippen molar-refractivity contribution in [3.8, 4) is 5.75 Å². The van der Waals surface area contributed by atoms with Gasteiger partial charge < -0.3 is 30.7 Å². The molecule has 40 heavy (non-hydrogen) atoms. The number of alkyl halides is 3. The Bertz CT molecular complexity index is 1390. The second-order valence-corrected chi connectivity index (χ2v) is 8.95. The molecule has 1 saturated heterocycles. The highest BCUT2D eigenvalue weighted by Gasteiger charge is 2.44. The Hall–Kier alpha value is -4.24. The van der Waals surface area contributed by atoms with E-state index in [9.17, 15) is 27.2 Å². The number of hydrogen-bond acceptors (Lipinski definition) is 9. The molecule has 0 aliphatic carbocycles. The first-order valence-electron chi connectivity index (χ1n) is 11.6. The zero-order valence-electron chi connectivity index (χ0n) is 20.7. The van der Waals surface area contributed by atoms with Gasteiger partial charge in [-0.15, -0.1) is 0 Å². The number of anilines is 3. The predicted molar refractivity (Wildman–Crippen MR) is 135 cm³/mol. The van der Waals surface area contributed by atoms with Crippen molar-refractivity contribution < 1.29 is 36.6 Å². The average Bonchev–Trinajstić information content (AvgIpc) is 3.38. The van der Waals surface area contributed by atoms with Crippen molar-refractivity contribution in [2.24, 2.45) is 0 Å². The molecule has 4 N–H and O–H groups in total. The third-order valence-electron chi connectivity index (χ3n) is 5.76. The van der Waals surface area contributed by atoms with E-state index in [-0.39, 0.29) is 48.3 Å². The summed E-state index contributed by atoms with van der Waals surface area (Å²) in [6, 6.07) is 3.52. The Kier molecular flexibility index (Phi) is 8.54. The van der Waals surface area contributed by atoms with Crippen LogP contribution in [0.5, 0.6) is 5.75 Å². The Morgan fingerprint density at radius 1 is 1.15 bits per heavy atom. The SMILES string of the molecule is CNc1ncc(OC(=O)N[C@@]2(C(=O)NCc3ncc(Nc4ccc(F)cc4C(F)(F)F)cc3Cl)CCOC2)cn1. The van der Waals surface area contributed by atoms with Gasteiger partial charge in [0.25, 0.3) is 0 Å². The summed E-state index contributed by atoms with van der Waals surface area (Å²) in [6.45, 7) is -0.0806. The molecule has 0 saturated carbocycles. The number of carbonyl (C=O) groups is 2. The monoisotopic (exact) mass is 583 g/mol. The van der Waals surface area contributed by atoms with E-state index < -0.39 is 40.8 Å². The molecule has 212 valence electrons. The summed E-state index contributed by atoms with van der Waals surface area (Å²) in [5.41, 5.74) is -2.72. The summed E-state index contributed by atoms with van der Waals surface area (Å²) in [7, 11) is 1.63. The van der Waals surface area contributed by atoms with Crippen molar-refractivity contribution in [3.05, 3.63) is 65.0 Å². The van der Waals surface area contributed by atoms with Crippen LogP contribution >= 0.6 is 11.6 Å². The Balaban J connectivity index is 1.40. The second-order valence-electron chi connectivity index (χ2n) is 8.54. The molecule has 1 aromatic carbocycles. The molecule has 0 bridgehead atoms. The van der Waals surface area contributed by atoms with Crippen molar-refractivity contribution in [3.63, 3.8) is 0 Å². The summed E-state index contributed by atoms with van der Waals surface area (Å²) in [6.07, 6.45) is -1.79. The standard InChI is InChI=1S/C24H22ClF4N7O4/c1-30-21-33-9-15(10-34-21)40-22(38)36-23(4-5-39-12-23)20(37)32-11-19-17(25)7-14(8-31-19)35-18-3-2-13(26)6-16(18)24(27,28)29/h2-3,6-10,35H,4-5,11-12H2,1H3,(H,32,37)(H,36,38)(H,30,33,34)/t23-/m0/s1. The molecule has 16 heteroatoms. The molecular weight excluding hydrogens is 562 g/mol. The number of ether oxygens (including phenoxy) is 2. The Morgan fingerprint density at radius 3 is 2.52 bits per heavy atom. The molecule has 2 aromatic heterocycles. The van der Waals surface area contributed by atoms with Gasteiger partial charge in [-0.3, -0.25) is 9.78 Å². The molecule has 1 aliphatic heterocycles. The molecular formula is C24H22ClF4N7O4. The largest absolute Gasteiger partial charge is 0.418 e. The van der Waals surface area contributed by atoms with Crippen LogP contribution in [0.15, 0.2) is 42.9 Å². The lowest BCUT2D eigenvalue weighted by molar-refractivity contribution is -0.137. The van der Waals surface area contributed by atoms with E-state index in [2.05, 4.69) is 36.2 Å². The maximum atomic E-state index is 13.4. The van der Waals surface area contributed by atoms with Crippen LogP contribution in [0.2, 0.25) is 5.02 Å². The van der Waals surface area contributed by atoms with Crippen LogP contribution in [0, 0.1) is 5.82 Å². The van der Waals surface area contributed by atoms with E-state index in [1.807, 2.05) is 0 Å². The molecule has 3 heterocycles. The van der Waals surface area contributed by atoms with Gasteiger partial charge >= 0.3 is 12.3 Å². The van der Waals surface area contributed by atoms with Gasteiger partial charge in [0.2, 0.25) is 11.9 Å². The van der Waals surface area contributed by atoms with Gasteiger partial charge in [-0.05, 0) is 24.3 Å². The maximum Gasteiger partial charge on any atom is 0.418 e. The van der Waals surface area contributed by atoms with Crippen molar-refractivity contribution in [1.82, 2.24) is 25.6 Å². The zero-order chi connectivity index (χ0) is 28.9. The lowest BCUT2D eigenvalue weighted by atomic mass is 9.97. The van der Waals surface area contributed by atoms with Crippen molar-refractivity contribution in [1.29, 1.82) is 0 Å². The first kappa shape index (κ1) is 28.8. The topological polar surface area (TPSA) is 139 Å². The number of benzene rings is 1. The molecule has 0 radical (unpaired) electrons. The fourth-order valence-electron chi connectivity index (χ4n) is 3.74. The number of rotatable bonds is 8. The van der Waals surface area contributed by atoms with Gasteiger partial charge in [0, 0.05) is 20.1 Å². The van der Waals surface area contributed by atoms with E-state index >= 15 is 0 Å². The van der Waals surface area contributed by atoms with E-state index in [4.69, 9.17) is 21.1 Å². The van der Waals surface area contributed by atoms with Gasteiger partial charge in [0.05, 0.1) is 59.4 Å². The third-order valence-corrected chi connectivity index (χ3v) is 6.09. The second kappa shape index (κ2) is 11.9. The summed E-state index contributed by atoms with van der Waals surface area (Å²) in [5, 5.41) is 10.4. The Labute approximate surface area is 229 Å². The van der Waals surface area contributed by atoms with Gasteiger partial charge in [-0.25, -0.2) is 19.2 Å². The fraction of sp³-hybridized carbons (Fsp3) is 0.292. The zero-order valence-corrected chi connectivity index (χ0v) is 21.5. The van der Waals surface area contributed by atoms with Crippen LogP contribution in [0.4, 0.5) is 39.7 Å². The highest BCUT2D eigenvalue weighted by atomic mass is 35.5. The number of nitrogens with zero attached hydrogens (tertiary/aromatic N) is 3. The van der Waals surface area contributed by atoms with Crippen molar-refractivity contribution in [2.75, 3.05) is 30.9 Å². The van der Waals surface area contributed by atoms with Crippen molar-refractivity contribution in [2.45, 2.75) is 24.7 Å². The minimum absolute atomic E-state index is 0.0371. The van der Waals surface area contributed by atoms with E-state index in [0.717, 1.165) is 12.1 Å². The summed E-state index contributed by atoms with van der Waals surface area (Å²) >= 11 is 6.26. The minimum atomic E-state index is -4.79. The van der Waals surface area contributed by atoms with E-state index in [0.29, 0.717) is 12.0 Å². The lowest BCUT2D eigenvalue weighted by Gasteiger charge is -2.27. The van der Waals surface area contributed by atoms with Gasteiger partial charge in [-0.2, -0.15) is 13.2 Å². The fourth-order valence-corrected chi connectivity index (χ4v) is 3.97. The lowest BCUT2D eigenvalue weighted by Crippen LogP contribution is -2.59. The van der Waals surface area contributed by atoms with E-state index in [1.165, 1.54) is 24.7 Å². The number of halogens is 5. The van der Waals surface area contributed by atoms with Crippen LogP contribution in [0.25, 0.3) is 0 Å². The van der Waals surface area contributed by atoms with Crippen LogP contribution in [0.1, 0.15) is 17.7 Å². The normalized spacial score (nSPS) is 16.8. The van der Waals surface area contributed by atoms with Crippen LogP contribution < -0.4 is 26.0 Å². The number of aromatic nitrogens is 3. The third kappa shape index (κ3) is 6.84. The molecule has 1 atom stereocenters. The maximum absolute atomic E-state index is 13.4. The highest BCUT2D eigenvalue weighted by molar-refractivity contribution is 6.31. The molecule has 3 aromatic rings. The highest BCUT2D eigenvalue weighted by Crippen LogP contribution is 2.37. The molecule has 2 amide bonds. The Morgan fingerprint density at radius 2 is 1.90 bits per heavy atom. The number of nitrogens with one attached hydrogen (secondary N) is 4. The number of amides is 2. The first-order chi connectivity index (χ1) is 19.0. The van der Waals surface area contributed by atoms with Gasteiger partial charge in [0.1, 0.15) is 11.4 Å². The van der Waals surface area contributed by atoms with Crippen molar-refractivity contribution >= 4 is 40.9 Å².